The van der Waals surface area contributed by atoms with Crippen LogP contribution >= 0.6 is 0 Å². The van der Waals surface area contributed by atoms with Crippen LogP contribution in [-0.4, -0.2) is 38.8 Å². The molecule has 0 aliphatic heterocycles. The molecule has 0 fully saturated rings. The van der Waals surface area contributed by atoms with Crippen molar-refractivity contribution in [2.45, 2.75) is 71.1 Å². The minimum atomic E-state index is -1.88. The van der Waals surface area contributed by atoms with Gasteiger partial charge in [0.05, 0.1) is 18.3 Å². The van der Waals surface area contributed by atoms with E-state index in [4.69, 9.17) is 9.16 Å². The number of methoxy groups -OCH3 is 1. The Labute approximate surface area is 155 Å². The zero-order valence-electron chi connectivity index (χ0n) is 17.1. The fraction of sp³-hybridized carbons (Fsp3) is 0.619. The summed E-state index contributed by atoms with van der Waals surface area (Å²) in [6.07, 6.45) is 2.97. The Morgan fingerprint density at radius 1 is 1.08 bits per heavy atom. The standard InChI is InChI=1S/C21H36O3Si/c1-16(19(22)15-14-18-12-10-9-11-13-18)20(23-6)17(2)24-25(7,8)21(3,4)5/h9-17,19-20,22H,1-8H3/b15-14+/t16-,17?,19-,20-/m1/s1. The fourth-order valence-electron chi connectivity index (χ4n) is 2.69. The topological polar surface area (TPSA) is 38.7 Å². The molecule has 4 atom stereocenters. The van der Waals surface area contributed by atoms with Crippen LogP contribution in [0.1, 0.15) is 40.2 Å². The zero-order valence-corrected chi connectivity index (χ0v) is 18.1. The van der Waals surface area contributed by atoms with Gasteiger partial charge in [-0.3, -0.25) is 0 Å². The van der Waals surface area contributed by atoms with E-state index in [2.05, 4.69) is 40.8 Å². The maximum absolute atomic E-state index is 10.6. The Balaban J connectivity index is 2.78. The lowest BCUT2D eigenvalue weighted by molar-refractivity contribution is -0.0527. The summed E-state index contributed by atoms with van der Waals surface area (Å²) >= 11 is 0. The summed E-state index contributed by atoms with van der Waals surface area (Å²) in [4.78, 5) is 0. The van der Waals surface area contributed by atoms with Gasteiger partial charge in [-0.2, -0.15) is 0 Å². The largest absolute Gasteiger partial charge is 0.412 e. The van der Waals surface area contributed by atoms with Gasteiger partial charge in [-0.1, -0.05) is 70.2 Å². The predicted molar refractivity (Wildman–Crippen MR) is 109 cm³/mol. The molecular formula is C21H36O3Si. The Morgan fingerprint density at radius 3 is 2.12 bits per heavy atom. The number of hydrogen-bond donors (Lipinski definition) is 1. The van der Waals surface area contributed by atoms with Crippen molar-refractivity contribution >= 4 is 14.4 Å². The average Bonchev–Trinajstić information content (AvgIpc) is 2.52. The average molecular weight is 365 g/mol. The molecule has 1 rings (SSSR count). The molecular weight excluding hydrogens is 328 g/mol. The van der Waals surface area contributed by atoms with Gasteiger partial charge in [0.2, 0.25) is 0 Å². The van der Waals surface area contributed by atoms with Crippen LogP contribution in [-0.2, 0) is 9.16 Å². The summed E-state index contributed by atoms with van der Waals surface area (Å²) in [6, 6.07) is 10.00. The van der Waals surface area contributed by atoms with Crippen LogP contribution < -0.4 is 0 Å². The third kappa shape index (κ3) is 6.37. The predicted octanol–water partition coefficient (Wildman–Crippen LogP) is 5.12. The SMILES string of the molecule is CO[C@@H](C(C)O[Si](C)(C)C(C)(C)C)[C@H](C)[C@H](O)/C=C/c1ccccc1. The van der Waals surface area contributed by atoms with Crippen LogP contribution in [0.3, 0.4) is 0 Å². The van der Waals surface area contributed by atoms with E-state index < -0.39 is 14.4 Å². The first kappa shape index (κ1) is 22.1. The van der Waals surface area contributed by atoms with Crippen LogP contribution in [0, 0.1) is 5.92 Å². The van der Waals surface area contributed by atoms with Gasteiger partial charge in [-0.25, -0.2) is 0 Å². The van der Waals surface area contributed by atoms with Crippen molar-refractivity contribution in [3.8, 4) is 0 Å². The van der Waals surface area contributed by atoms with Gasteiger partial charge in [0.15, 0.2) is 8.32 Å². The molecule has 0 saturated carbocycles. The van der Waals surface area contributed by atoms with Gasteiger partial charge in [0.1, 0.15) is 0 Å². The zero-order chi connectivity index (χ0) is 19.3. The molecule has 0 heterocycles. The van der Waals surface area contributed by atoms with Gasteiger partial charge in [0.25, 0.3) is 0 Å². The van der Waals surface area contributed by atoms with Gasteiger partial charge in [-0.05, 0) is 30.6 Å². The van der Waals surface area contributed by atoms with Crippen molar-refractivity contribution in [1.82, 2.24) is 0 Å². The summed E-state index contributed by atoms with van der Waals surface area (Å²) in [7, 11) is -0.184. The van der Waals surface area contributed by atoms with E-state index >= 15 is 0 Å². The Kier molecular flexibility index (Phi) is 8.07. The molecule has 1 unspecified atom stereocenters. The van der Waals surface area contributed by atoms with E-state index in [9.17, 15) is 5.11 Å². The minimum Gasteiger partial charge on any atom is -0.412 e. The van der Waals surface area contributed by atoms with E-state index in [1.807, 2.05) is 49.4 Å². The van der Waals surface area contributed by atoms with Crippen LogP contribution in [0.15, 0.2) is 36.4 Å². The number of aliphatic hydroxyl groups is 1. The third-order valence-electron chi connectivity index (χ3n) is 5.36. The van der Waals surface area contributed by atoms with Crippen LogP contribution in [0.5, 0.6) is 0 Å². The van der Waals surface area contributed by atoms with Gasteiger partial charge >= 0.3 is 0 Å². The minimum absolute atomic E-state index is 0.0651. The van der Waals surface area contributed by atoms with Gasteiger partial charge in [0, 0.05) is 13.0 Å². The molecule has 0 aromatic heterocycles. The highest BCUT2D eigenvalue weighted by Crippen LogP contribution is 2.38. The molecule has 0 amide bonds. The number of hydrogen-bond acceptors (Lipinski definition) is 3. The highest BCUT2D eigenvalue weighted by atomic mass is 28.4. The number of ether oxygens (including phenoxy) is 1. The van der Waals surface area contributed by atoms with Crippen LogP contribution in [0.25, 0.3) is 6.08 Å². The molecule has 1 N–H and O–H groups in total. The molecule has 142 valence electrons. The summed E-state index contributed by atoms with van der Waals surface area (Å²) in [5.41, 5.74) is 1.08. The molecule has 0 saturated heterocycles. The normalized spacial score (nSPS) is 18.1. The molecule has 0 radical (unpaired) electrons. The molecule has 0 aliphatic carbocycles. The van der Waals surface area contributed by atoms with Crippen molar-refractivity contribution in [2.75, 3.05) is 7.11 Å². The summed E-state index contributed by atoms with van der Waals surface area (Å²) in [5, 5.41) is 10.7. The first-order valence-corrected chi connectivity index (χ1v) is 12.0. The molecule has 0 bridgehead atoms. The lowest BCUT2D eigenvalue weighted by atomic mass is 9.94. The lowest BCUT2D eigenvalue weighted by Crippen LogP contribution is -2.49. The number of aliphatic hydroxyl groups excluding tert-OH is 1. The molecule has 25 heavy (non-hydrogen) atoms. The highest BCUT2D eigenvalue weighted by Gasteiger charge is 2.41. The van der Waals surface area contributed by atoms with E-state index in [0.717, 1.165) is 5.56 Å². The number of benzene rings is 1. The first-order valence-electron chi connectivity index (χ1n) is 9.11. The third-order valence-corrected chi connectivity index (χ3v) is 9.94. The van der Waals surface area contributed by atoms with E-state index in [0.29, 0.717) is 0 Å². The lowest BCUT2D eigenvalue weighted by Gasteiger charge is -2.41. The van der Waals surface area contributed by atoms with Crippen LogP contribution in [0.4, 0.5) is 0 Å². The van der Waals surface area contributed by atoms with Crippen molar-refractivity contribution in [3.05, 3.63) is 42.0 Å². The maximum Gasteiger partial charge on any atom is 0.192 e. The smallest absolute Gasteiger partial charge is 0.192 e. The van der Waals surface area contributed by atoms with E-state index in [-0.39, 0.29) is 23.2 Å². The van der Waals surface area contributed by atoms with E-state index in [1.54, 1.807) is 7.11 Å². The second-order valence-electron chi connectivity index (χ2n) is 8.40. The Hall–Kier alpha value is -0.943. The molecule has 1 aromatic rings. The van der Waals surface area contributed by atoms with Crippen LogP contribution in [0.2, 0.25) is 18.1 Å². The second kappa shape index (κ2) is 9.13. The molecule has 0 aliphatic rings. The Morgan fingerprint density at radius 2 is 1.64 bits per heavy atom. The maximum atomic E-state index is 10.6. The molecule has 1 aromatic carbocycles. The number of rotatable bonds is 8. The van der Waals surface area contributed by atoms with Crippen molar-refractivity contribution in [3.63, 3.8) is 0 Å². The first-order chi connectivity index (χ1) is 11.5. The summed E-state index contributed by atoms with van der Waals surface area (Å²) in [6.45, 7) is 15.2. The molecule has 0 spiro atoms. The van der Waals surface area contributed by atoms with Crippen molar-refractivity contribution in [2.24, 2.45) is 5.92 Å². The van der Waals surface area contributed by atoms with Crippen molar-refractivity contribution in [1.29, 1.82) is 0 Å². The highest BCUT2D eigenvalue weighted by molar-refractivity contribution is 6.74. The van der Waals surface area contributed by atoms with Gasteiger partial charge < -0.3 is 14.3 Å². The second-order valence-corrected chi connectivity index (χ2v) is 13.2. The van der Waals surface area contributed by atoms with E-state index in [1.165, 1.54) is 0 Å². The van der Waals surface area contributed by atoms with Crippen molar-refractivity contribution < 1.29 is 14.3 Å². The monoisotopic (exact) mass is 364 g/mol. The molecule has 3 nitrogen and oxygen atoms in total. The fourth-order valence-corrected chi connectivity index (χ4v) is 4.10. The molecule has 4 heteroatoms. The summed E-state index contributed by atoms with van der Waals surface area (Å²) < 4.78 is 12.2. The summed E-state index contributed by atoms with van der Waals surface area (Å²) in [5.74, 6) is -0.0651. The quantitative estimate of drug-likeness (QED) is 0.651. The van der Waals surface area contributed by atoms with Gasteiger partial charge in [-0.15, -0.1) is 0 Å². The Bertz CT molecular complexity index is 534.